The Bertz CT molecular complexity index is 469. The molecular weight excluding hydrogens is 246 g/mol. The largest absolute Gasteiger partial charge is 0.344 e. The van der Waals surface area contributed by atoms with Gasteiger partial charge < -0.3 is 4.90 Å². The lowest BCUT2D eigenvalue weighted by Crippen LogP contribution is -2.65. The lowest BCUT2D eigenvalue weighted by molar-refractivity contribution is -0.163. The van der Waals surface area contributed by atoms with E-state index in [1.54, 1.807) is 11.3 Å². The summed E-state index contributed by atoms with van der Waals surface area (Å²) in [6.45, 7) is 5.86. The number of β-lactam (4-membered cyclic amide) rings is 1. The Balaban J connectivity index is 1.66. The van der Waals surface area contributed by atoms with E-state index in [-0.39, 0.29) is 5.41 Å². The molecular formula is C13H19N3OS. The number of aryl methyl sites for hydroxylation is 1. The van der Waals surface area contributed by atoms with E-state index in [2.05, 4.69) is 15.3 Å². The fourth-order valence-electron chi connectivity index (χ4n) is 3.28. The van der Waals surface area contributed by atoms with Gasteiger partial charge in [0, 0.05) is 32.1 Å². The zero-order chi connectivity index (χ0) is 12.8. The first-order chi connectivity index (χ1) is 8.59. The highest BCUT2D eigenvalue weighted by Gasteiger charge is 2.52. The maximum absolute atomic E-state index is 12.0. The molecule has 0 radical (unpaired) electrons. The molecule has 2 aliphatic heterocycles. The predicted molar refractivity (Wildman–Crippen MR) is 71.4 cm³/mol. The Hall–Kier alpha value is -0.940. The van der Waals surface area contributed by atoms with Crippen molar-refractivity contribution in [2.45, 2.75) is 26.3 Å². The number of carbonyl (C=O) groups is 1. The number of nitrogens with zero attached hydrogens (tertiary/aromatic N) is 3. The molecule has 98 valence electrons. The maximum Gasteiger partial charge on any atom is 0.231 e. The van der Waals surface area contributed by atoms with Crippen LogP contribution in [0.1, 0.15) is 23.5 Å². The summed E-state index contributed by atoms with van der Waals surface area (Å²) in [5.41, 5.74) is 1.08. The topological polar surface area (TPSA) is 36.4 Å². The molecule has 0 N–H and O–H groups in total. The molecule has 2 fully saturated rings. The molecule has 1 amide bonds. The predicted octanol–water partition coefficient (Wildman–Crippen LogP) is 1.51. The fraction of sp³-hybridized carbons (Fsp3) is 0.692. The second-order valence-corrected chi connectivity index (χ2v) is 6.68. The maximum atomic E-state index is 12.0. The minimum absolute atomic E-state index is 0.0714. The molecule has 0 bridgehead atoms. The monoisotopic (exact) mass is 265 g/mol. The third kappa shape index (κ3) is 1.95. The highest BCUT2D eigenvalue weighted by atomic mass is 32.1. The summed E-state index contributed by atoms with van der Waals surface area (Å²) in [6, 6.07) is 0. The third-order valence-electron chi connectivity index (χ3n) is 4.05. The molecule has 0 aromatic carbocycles. The van der Waals surface area contributed by atoms with E-state index < -0.39 is 0 Å². The van der Waals surface area contributed by atoms with Gasteiger partial charge in [0.2, 0.25) is 5.91 Å². The minimum Gasteiger partial charge on any atom is -0.344 e. The third-order valence-corrected chi connectivity index (χ3v) is 4.87. The quantitative estimate of drug-likeness (QED) is 0.761. The van der Waals surface area contributed by atoms with Gasteiger partial charge in [-0.05, 0) is 26.3 Å². The van der Waals surface area contributed by atoms with Crippen molar-refractivity contribution < 1.29 is 4.79 Å². The number of piperidine rings is 1. The van der Waals surface area contributed by atoms with E-state index in [1.165, 1.54) is 0 Å². The molecule has 1 unspecified atom stereocenters. The first-order valence-electron chi connectivity index (χ1n) is 6.48. The lowest BCUT2D eigenvalue weighted by Gasteiger charge is -2.51. The first kappa shape index (κ1) is 12.1. The average molecular weight is 265 g/mol. The van der Waals surface area contributed by atoms with E-state index in [0.29, 0.717) is 5.91 Å². The van der Waals surface area contributed by atoms with Gasteiger partial charge >= 0.3 is 0 Å². The summed E-state index contributed by atoms with van der Waals surface area (Å²) < 4.78 is 0. The number of thiazole rings is 1. The fourth-order valence-corrected chi connectivity index (χ4v) is 3.89. The number of carbonyl (C=O) groups excluding carboxylic acids is 1. The van der Waals surface area contributed by atoms with E-state index in [9.17, 15) is 4.79 Å². The van der Waals surface area contributed by atoms with Gasteiger partial charge in [-0.3, -0.25) is 9.69 Å². The molecule has 3 heterocycles. The van der Waals surface area contributed by atoms with Gasteiger partial charge in [-0.15, -0.1) is 11.3 Å². The summed E-state index contributed by atoms with van der Waals surface area (Å²) in [5, 5.41) is 3.25. The first-order valence-corrected chi connectivity index (χ1v) is 7.36. The van der Waals surface area contributed by atoms with Crippen LogP contribution < -0.4 is 0 Å². The Morgan fingerprint density at radius 1 is 1.50 bits per heavy atom. The van der Waals surface area contributed by atoms with Crippen molar-refractivity contribution >= 4 is 17.2 Å². The van der Waals surface area contributed by atoms with Crippen molar-refractivity contribution in [3.63, 3.8) is 0 Å². The molecule has 5 heteroatoms. The van der Waals surface area contributed by atoms with Gasteiger partial charge in [0.05, 0.1) is 16.1 Å². The Morgan fingerprint density at radius 2 is 2.33 bits per heavy atom. The Labute approximate surface area is 112 Å². The van der Waals surface area contributed by atoms with Crippen LogP contribution in [0.3, 0.4) is 0 Å². The van der Waals surface area contributed by atoms with Crippen LogP contribution >= 0.6 is 11.3 Å². The van der Waals surface area contributed by atoms with E-state index >= 15 is 0 Å². The van der Waals surface area contributed by atoms with Crippen molar-refractivity contribution in [3.8, 4) is 0 Å². The highest BCUT2D eigenvalue weighted by Crippen LogP contribution is 2.39. The number of aromatic nitrogens is 1. The molecule has 2 saturated heterocycles. The lowest BCUT2D eigenvalue weighted by atomic mass is 9.72. The number of likely N-dealkylation sites (tertiary alicyclic amines) is 2. The number of rotatable bonds is 2. The van der Waals surface area contributed by atoms with Crippen molar-refractivity contribution in [1.82, 2.24) is 14.8 Å². The van der Waals surface area contributed by atoms with Gasteiger partial charge in [-0.1, -0.05) is 0 Å². The normalized spacial score (nSPS) is 28.8. The molecule has 0 saturated carbocycles. The highest BCUT2D eigenvalue weighted by molar-refractivity contribution is 7.09. The summed E-state index contributed by atoms with van der Waals surface area (Å²) >= 11 is 1.70. The van der Waals surface area contributed by atoms with E-state index in [0.717, 1.165) is 49.7 Å². The molecule has 1 aromatic heterocycles. The van der Waals surface area contributed by atoms with Crippen molar-refractivity contribution in [2.75, 3.05) is 26.7 Å². The SMILES string of the molecule is Cc1nc(CN2CCCC3(C2)CN(C)C3=O)cs1. The van der Waals surface area contributed by atoms with Crippen LogP contribution in [0, 0.1) is 12.3 Å². The number of hydrogen-bond acceptors (Lipinski definition) is 4. The summed E-state index contributed by atoms with van der Waals surface area (Å²) in [5.74, 6) is 0.335. The van der Waals surface area contributed by atoms with E-state index in [1.807, 2.05) is 18.9 Å². The van der Waals surface area contributed by atoms with Crippen LogP contribution in [-0.4, -0.2) is 47.4 Å². The molecule has 0 aliphatic carbocycles. The van der Waals surface area contributed by atoms with Crippen LogP contribution in [0.15, 0.2) is 5.38 Å². The molecule has 1 aromatic rings. The molecule has 1 atom stereocenters. The molecule has 1 spiro atoms. The summed E-state index contributed by atoms with van der Waals surface area (Å²) in [6.07, 6.45) is 2.19. The minimum atomic E-state index is -0.0714. The Morgan fingerprint density at radius 3 is 2.94 bits per heavy atom. The summed E-state index contributed by atoms with van der Waals surface area (Å²) in [4.78, 5) is 20.8. The van der Waals surface area contributed by atoms with Gasteiger partial charge in [0.25, 0.3) is 0 Å². The zero-order valence-corrected chi connectivity index (χ0v) is 11.8. The smallest absolute Gasteiger partial charge is 0.231 e. The van der Waals surface area contributed by atoms with Gasteiger partial charge in [0.15, 0.2) is 0 Å². The molecule has 2 aliphatic rings. The molecule has 18 heavy (non-hydrogen) atoms. The van der Waals surface area contributed by atoms with Crippen molar-refractivity contribution in [1.29, 1.82) is 0 Å². The number of amides is 1. The van der Waals surface area contributed by atoms with Crippen LogP contribution in [0.2, 0.25) is 0 Å². The average Bonchev–Trinajstić information content (AvgIpc) is 2.75. The standard InChI is InChI=1S/C13H19N3OS/c1-10-14-11(7-18-10)6-16-5-3-4-13(9-16)8-15(2)12(13)17/h7H,3-6,8-9H2,1-2H3. The van der Waals surface area contributed by atoms with Gasteiger partial charge in [-0.25, -0.2) is 4.98 Å². The van der Waals surface area contributed by atoms with Crippen LogP contribution in [-0.2, 0) is 11.3 Å². The van der Waals surface area contributed by atoms with Gasteiger partial charge in [0.1, 0.15) is 0 Å². The zero-order valence-electron chi connectivity index (χ0n) is 11.0. The Kier molecular flexibility index (Phi) is 2.90. The van der Waals surface area contributed by atoms with Crippen LogP contribution in [0.5, 0.6) is 0 Å². The van der Waals surface area contributed by atoms with Crippen LogP contribution in [0.25, 0.3) is 0 Å². The number of hydrogen-bond donors (Lipinski definition) is 0. The second kappa shape index (κ2) is 4.31. The van der Waals surface area contributed by atoms with E-state index in [4.69, 9.17) is 0 Å². The van der Waals surface area contributed by atoms with Crippen LogP contribution in [0.4, 0.5) is 0 Å². The van der Waals surface area contributed by atoms with Crippen molar-refractivity contribution in [3.05, 3.63) is 16.1 Å². The molecule has 4 nitrogen and oxygen atoms in total. The van der Waals surface area contributed by atoms with Gasteiger partial charge in [-0.2, -0.15) is 0 Å². The van der Waals surface area contributed by atoms with Crippen molar-refractivity contribution in [2.24, 2.45) is 5.41 Å². The molecule has 3 rings (SSSR count). The summed E-state index contributed by atoms with van der Waals surface area (Å²) in [7, 11) is 1.90. The second-order valence-electron chi connectivity index (χ2n) is 5.61.